The number of rotatable bonds is 3. The van der Waals surface area contributed by atoms with Gasteiger partial charge in [0.1, 0.15) is 11.5 Å². The Morgan fingerprint density at radius 1 is 1.22 bits per heavy atom. The Morgan fingerprint density at radius 2 is 2.11 bits per heavy atom. The highest BCUT2D eigenvalue weighted by molar-refractivity contribution is 7.17. The monoisotopic (exact) mass is 257 g/mol. The van der Waals surface area contributed by atoms with E-state index in [0.29, 0.717) is 0 Å². The minimum atomic E-state index is -0.0105. The molecule has 92 valence electrons. The van der Waals surface area contributed by atoms with Gasteiger partial charge in [0.15, 0.2) is 0 Å². The van der Waals surface area contributed by atoms with Crippen molar-refractivity contribution in [1.82, 2.24) is 0 Å². The van der Waals surface area contributed by atoms with Gasteiger partial charge in [-0.2, -0.15) is 0 Å². The van der Waals surface area contributed by atoms with E-state index >= 15 is 0 Å². The Labute approximate surface area is 110 Å². The Morgan fingerprint density at radius 3 is 2.94 bits per heavy atom. The zero-order chi connectivity index (χ0) is 12.5. The predicted molar refractivity (Wildman–Crippen MR) is 76.7 cm³/mol. The second-order valence-electron chi connectivity index (χ2n) is 4.39. The molecule has 2 nitrogen and oxygen atoms in total. The molecule has 2 aromatic heterocycles. The van der Waals surface area contributed by atoms with E-state index in [-0.39, 0.29) is 6.04 Å². The van der Waals surface area contributed by atoms with Crippen LogP contribution in [0.2, 0.25) is 0 Å². The smallest absolute Gasteiger partial charge is 0.134 e. The van der Waals surface area contributed by atoms with Crippen molar-refractivity contribution in [2.24, 2.45) is 5.73 Å². The highest BCUT2D eigenvalue weighted by Gasteiger charge is 2.10. The van der Waals surface area contributed by atoms with Crippen LogP contribution in [-0.4, -0.2) is 0 Å². The average molecular weight is 257 g/mol. The summed E-state index contributed by atoms with van der Waals surface area (Å²) in [6, 6.07) is 12.5. The molecule has 0 aliphatic carbocycles. The lowest BCUT2D eigenvalue weighted by molar-refractivity contribution is 0.470. The molecule has 1 unspecified atom stereocenters. The van der Waals surface area contributed by atoms with Crippen molar-refractivity contribution in [3.05, 3.63) is 47.5 Å². The molecule has 3 rings (SSSR count). The second kappa shape index (κ2) is 4.59. The minimum absolute atomic E-state index is 0.0105. The molecule has 3 aromatic rings. The molecule has 0 saturated carbocycles. The van der Waals surface area contributed by atoms with Crippen LogP contribution in [0.25, 0.3) is 21.4 Å². The van der Waals surface area contributed by atoms with Gasteiger partial charge in [-0.25, -0.2) is 0 Å². The zero-order valence-corrected chi connectivity index (χ0v) is 11.0. The third-order valence-corrected chi connectivity index (χ3v) is 4.07. The van der Waals surface area contributed by atoms with Crippen molar-refractivity contribution >= 4 is 21.4 Å². The summed E-state index contributed by atoms with van der Waals surface area (Å²) >= 11 is 1.75. The first-order valence-electron chi connectivity index (χ1n) is 6.11. The highest BCUT2D eigenvalue weighted by Crippen LogP contribution is 2.30. The molecule has 0 radical (unpaired) electrons. The number of nitrogens with two attached hydrogens (primary N) is 1. The first kappa shape index (κ1) is 11.5. The molecule has 0 bridgehead atoms. The number of hydrogen-bond acceptors (Lipinski definition) is 3. The molecular weight excluding hydrogens is 242 g/mol. The van der Waals surface area contributed by atoms with Crippen LogP contribution in [0.5, 0.6) is 0 Å². The van der Waals surface area contributed by atoms with E-state index in [1.54, 1.807) is 11.3 Å². The molecule has 1 atom stereocenters. The van der Waals surface area contributed by atoms with Gasteiger partial charge in [0.05, 0.1) is 6.04 Å². The van der Waals surface area contributed by atoms with Crippen molar-refractivity contribution in [3.63, 3.8) is 0 Å². The molecule has 2 heterocycles. The second-order valence-corrected chi connectivity index (χ2v) is 5.34. The summed E-state index contributed by atoms with van der Waals surface area (Å²) in [6.07, 6.45) is 0.885. The number of benzene rings is 1. The van der Waals surface area contributed by atoms with E-state index in [4.69, 9.17) is 10.2 Å². The van der Waals surface area contributed by atoms with E-state index in [9.17, 15) is 0 Å². The van der Waals surface area contributed by atoms with Gasteiger partial charge in [0.2, 0.25) is 0 Å². The van der Waals surface area contributed by atoms with Gasteiger partial charge < -0.3 is 10.2 Å². The fourth-order valence-electron chi connectivity index (χ4n) is 2.03. The standard InChI is InChI=1S/C15H15NOS/c1-2-12(16)14-5-4-13(17-14)10-3-6-15-11(9-10)7-8-18-15/h3-9,12H,2,16H2,1H3. The fraction of sp³-hybridized carbons (Fsp3) is 0.200. The van der Waals surface area contributed by atoms with E-state index in [0.717, 1.165) is 23.5 Å². The summed E-state index contributed by atoms with van der Waals surface area (Å²) in [5.74, 6) is 1.75. The molecule has 0 aliphatic rings. The minimum Gasteiger partial charge on any atom is -0.459 e. The Bertz CT molecular complexity index is 668. The maximum absolute atomic E-state index is 5.97. The van der Waals surface area contributed by atoms with Crippen molar-refractivity contribution in [2.45, 2.75) is 19.4 Å². The Balaban J connectivity index is 2.00. The van der Waals surface area contributed by atoms with Crippen LogP contribution in [0.3, 0.4) is 0 Å². The van der Waals surface area contributed by atoms with Gasteiger partial charge >= 0.3 is 0 Å². The first-order chi connectivity index (χ1) is 8.78. The van der Waals surface area contributed by atoms with Crippen molar-refractivity contribution in [2.75, 3.05) is 0 Å². The van der Waals surface area contributed by atoms with Crippen LogP contribution < -0.4 is 5.73 Å². The van der Waals surface area contributed by atoms with Crippen LogP contribution in [0.4, 0.5) is 0 Å². The van der Waals surface area contributed by atoms with E-state index in [1.165, 1.54) is 10.1 Å². The third kappa shape index (κ3) is 1.96. The summed E-state index contributed by atoms with van der Waals surface area (Å²) in [4.78, 5) is 0. The topological polar surface area (TPSA) is 39.2 Å². The summed E-state index contributed by atoms with van der Waals surface area (Å²) in [7, 11) is 0. The van der Waals surface area contributed by atoms with E-state index in [1.807, 2.05) is 12.1 Å². The summed E-state index contributed by atoms with van der Waals surface area (Å²) in [6.45, 7) is 2.06. The molecular formula is C15H15NOS. The normalized spacial score (nSPS) is 13.0. The largest absolute Gasteiger partial charge is 0.459 e. The van der Waals surface area contributed by atoms with Gasteiger partial charge in [-0.3, -0.25) is 0 Å². The lowest BCUT2D eigenvalue weighted by Crippen LogP contribution is -2.06. The van der Waals surface area contributed by atoms with Crippen LogP contribution >= 0.6 is 11.3 Å². The number of fused-ring (bicyclic) bond motifs is 1. The molecule has 0 spiro atoms. The van der Waals surface area contributed by atoms with Gasteiger partial charge in [-0.05, 0) is 53.6 Å². The molecule has 0 fully saturated rings. The molecule has 1 aromatic carbocycles. The zero-order valence-electron chi connectivity index (χ0n) is 10.2. The molecule has 2 N–H and O–H groups in total. The molecule has 3 heteroatoms. The molecule has 0 amide bonds. The molecule has 0 saturated heterocycles. The predicted octanol–water partition coefficient (Wildman–Crippen LogP) is 4.57. The SMILES string of the molecule is CCC(N)c1ccc(-c2ccc3sccc3c2)o1. The summed E-state index contributed by atoms with van der Waals surface area (Å²) < 4.78 is 7.13. The van der Waals surface area contributed by atoms with Crippen molar-refractivity contribution in [1.29, 1.82) is 0 Å². The third-order valence-electron chi connectivity index (χ3n) is 3.17. The van der Waals surface area contributed by atoms with Crippen LogP contribution in [0.1, 0.15) is 25.1 Å². The van der Waals surface area contributed by atoms with Gasteiger partial charge in [-0.15, -0.1) is 11.3 Å². The maximum Gasteiger partial charge on any atom is 0.134 e. The van der Waals surface area contributed by atoms with Gasteiger partial charge in [-0.1, -0.05) is 6.92 Å². The van der Waals surface area contributed by atoms with Crippen LogP contribution in [0.15, 0.2) is 46.2 Å². The van der Waals surface area contributed by atoms with E-state index < -0.39 is 0 Å². The Kier molecular flexibility index (Phi) is 2.94. The highest BCUT2D eigenvalue weighted by atomic mass is 32.1. The quantitative estimate of drug-likeness (QED) is 0.746. The number of thiophene rings is 1. The van der Waals surface area contributed by atoms with Crippen LogP contribution in [0, 0.1) is 0 Å². The molecule has 0 aliphatic heterocycles. The van der Waals surface area contributed by atoms with Crippen molar-refractivity contribution in [3.8, 4) is 11.3 Å². The molecule has 18 heavy (non-hydrogen) atoms. The van der Waals surface area contributed by atoms with Gasteiger partial charge in [0, 0.05) is 10.3 Å². The summed E-state index contributed by atoms with van der Waals surface area (Å²) in [5.41, 5.74) is 7.07. The maximum atomic E-state index is 5.97. The lowest BCUT2D eigenvalue weighted by atomic mass is 10.1. The van der Waals surface area contributed by atoms with E-state index in [2.05, 4.69) is 36.6 Å². The van der Waals surface area contributed by atoms with Gasteiger partial charge in [0.25, 0.3) is 0 Å². The average Bonchev–Trinajstić information content (AvgIpc) is 3.05. The Hall–Kier alpha value is -1.58. The number of hydrogen-bond donors (Lipinski definition) is 1. The fourth-order valence-corrected chi connectivity index (χ4v) is 2.80. The summed E-state index contributed by atoms with van der Waals surface area (Å²) in [5, 5.41) is 3.37. The lowest BCUT2D eigenvalue weighted by Gasteiger charge is -2.04. The van der Waals surface area contributed by atoms with Crippen molar-refractivity contribution < 1.29 is 4.42 Å². The number of furan rings is 1. The first-order valence-corrected chi connectivity index (χ1v) is 6.99. The van der Waals surface area contributed by atoms with Crippen LogP contribution in [-0.2, 0) is 0 Å².